The van der Waals surface area contributed by atoms with Crippen molar-refractivity contribution >= 4 is 0 Å². The van der Waals surface area contributed by atoms with Crippen LogP contribution in [-0.2, 0) is 12.8 Å². The van der Waals surface area contributed by atoms with Crippen LogP contribution in [0.2, 0.25) is 0 Å². The highest BCUT2D eigenvalue weighted by Crippen LogP contribution is 2.29. The zero-order valence-electron chi connectivity index (χ0n) is 8.59. The van der Waals surface area contributed by atoms with Crippen molar-refractivity contribution in [1.82, 2.24) is 0 Å². The monoisotopic (exact) mass is 189 g/mol. The molecular weight excluding hydrogens is 172 g/mol. The maximum atomic E-state index is 5.69. The summed E-state index contributed by atoms with van der Waals surface area (Å²) >= 11 is 0. The van der Waals surface area contributed by atoms with E-state index in [2.05, 4.69) is 25.1 Å². The van der Waals surface area contributed by atoms with Crippen molar-refractivity contribution in [2.45, 2.75) is 32.1 Å². The van der Waals surface area contributed by atoms with Gasteiger partial charge < -0.3 is 4.74 Å². The lowest BCUT2D eigenvalue weighted by Crippen LogP contribution is -2.06. The van der Waals surface area contributed by atoms with Gasteiger partial charge in [-0.15, -0.1) is 0 Å². The Morgan fingerprint density at radius 3 is 2.93 bits per heavy atom. The van der Waals surface area contributed by atoms with E-state index in [1.54, 1.807) is 0 Å². The van der Waals surface area contributed by atoms with Crippen LogP contribution in [0.3, 0.4) is 0 Å². The van der Waals surface area contributed by atoms with Gasteiger partial charge in [0.15, 0.2) is 0 Å². The first kappa shape index (κ1) is 9.57. The number of aryl methyl sites for hydroxylation is 1. The van der Waals surface area contributed by atoms with Crippen LogP contribution in [0, 0.1) is 6.92 Å². The molecule has 1 aromatic carbocycles. The Labute approximate surface area is 86.1 Å². The lowest BCUT2D eigenvalue weighted by atomic mass is 9.91. The van der Waals surface area contributed by atoms with Gasteiger partial charge in [-0.1, -0.05) is 12.1 Å². The van der Waals surface area contributed by atoms with E-state index >= 15 is 0 Å². The Morgan fingerprint density at radius 1 is 1.21 bits per heavy atom. The summed E-state index contributed by atoms with van der Waals surface area (Å²) in [7, 11) is 0. The maximum absolute atomic E-state index is 5.69. The van der Waals surface area contributed by atoms with Gasteiger partial charge in [0.2, 0.25) is 0 Å². The molecule has 0 saturated heterocycles. The molecule has 0 N–H and O–H groups in total. The summed E-state index contributed by atoms with van der Waals surface area (Å²) in [5.41, 5.74) is 2.92. The van der Waals surface area contributed by atoms with Crippen LogP contribution in [-0.4, -0.2) is 6.61 Å². The SMILES string of the molecule is [CH2]CCOc1cccc2c1CCCC2. The first-order valence-electron chi connectivity index (χ1n) is 5.44. The third kappa shape index (κ3) is 1.92. The second kappa shape index (κ2) is 4.50. The standard InChI is InChI=1S/C13H17O/c1-2-10-14-13-9-5-7-11-6-3-4-8-12(11)13/h5,7,9H,1-4,6,8,10H2. The van der Waals surface area contributed by atoms with Gasteiger partial charge >= 0.3 is 0 Å². The van der Waals surface area contributed by atoms with E-state index in [0.29, 0.717) is 0 Å². The van der Waals surface area contributed by atoms with Crippen molar-refractivity contribution in [3.63, 3.8) is 0 Å². The molecule has 0 aromatic heterocycles. The Balaban J connectivity index is 2.21. The van der Waals surface area contributed by atoms with Crippen LogP contribution in [0.25, 0.3) is 0 Å². The number of hydrogen-bond acceptors (Lipinski definition) is 1. The fraction of sp³-hybridized carbons (Fsp3) is 0.462. The summed E-state index contributed by atoms with van der Waals surface area (Å²) in [6, 6.07) is 6.41. The largest absolute Gasteiger partial charge is 0.493 e. The van der Waals surface area contributed by atoms with Crippen LogP contribution < -0.4 is 4.74 Å². The van der Waals surface area contributed by atoms with E-state index in [1.807, 2.05) is 0 Å². The molecule has 0 saturated carbocycles. The predicted molar refractivity (Wildman–Crippen MR) is 58.6 cm³/mol. The molecule has 0 fully saturated rings. The molecule has 0 aliphatic heterocycles. The van der Waals surface area contributed by atoms with Gasteiger partial charge in [-0.2, -0.15) is 0 Å². The Morgan fingerprint density at radius 2 is 2.07 bits per heavy atom. The summed E-state index contributed by atoms with van der Waals surface area (Å²) in [6.07, 6.45) is 5.87. The molecule has 1 nitrogen and oxygen atoms in total. The van der Waals surface area contributed by atoms with Crippen LogP contribution in [0.15, 0.2) is 18.2 Å². The van der Waals surface area contributed by atoms with Crippen LogP contribution in [0.5, 0.6) is 5.75 Å². The summed E-state index contributed by atoms with van der Waals surface area (Å²) in [5, 5.41) is 0. The summed E-state index contributed by atoms with van der Waals surface area (Å²) in [5.74, 6) is 1.09. The lowest BCUT2D eigenvalue weighted by Gasteiger charge is -2.19. The van der Waals surface area contributed by atoms with E-state index in [9.17, 15) is 0 Å². The number of hydrogen-bond donors (Lipinski definition) is 0. The Bertz CT molecular complexity index is 304. The number of ether oxygens (including phenoxy) is 1. The molecule has 0 atom stereocenters. The molecule has 1 aliphatic carbocycles. The molecule has 1 radical (unpaired) electrons. The highest BCUT2D eigenvalue weighted by molar-refractivity contribution is 5.41. The van der Waals surface area contributed by atoms with E-state index < -0.39 is 0 Å². The molecule has 2 rings (SSSR count). The number of fused-ring (bicyclic) bond motifs is 1. The molecule has 0 amide bonds. The molecule has 0 bridgehead atoms. The zero-order chi connectivity index (χ0) is 9.80. The lowest BCUT2D eigenvalue weighted by molar-refractivity contribution is 0.319. The molecule has 0 heterocycles. The molecule has 0 spiro atoms. The number of benzene rings is 1. The van der Waals surface area contributed by atoms with Gasteiger partial charge in [0.25, 0.3) is 0 Å². The highest BCUT2D eigenvalue weighted by Gasteiger charge is 2.13. The quantitative estimate of drug-likeness (QED) is 0.709. The molecule has 1 heteroatoms. The third-order valence-corrected chi connectivity index (χ3v) is 2.75. The maximum Gasteiger partial charge on any atom is 0.122 e. The second-order valence-corrected chi connectivity index (χ2v) is 3.80. The van der Waals surface area contributed by atoms with Crippen molar-refractivity contribution in [1.29, 1.82) is 0 Å². The Hall–Kier alpha value is -0.980. The molecule has 1 aliphatic rings. The fourth-order valence-corrected chi connectivity index (χ4v) is 2.06. The van der Waals surface area contributed by atoms with Gasteiger partial charge in [0.05, 0.1) is 6.61 Å². The fourth-order valence-electron chi connectivity index (χ4n) is 2.06. The molecule has 75 valence electrons. The van der Waals surface area contributed by atoms with Crippen molar-refractivity contribution in [2.24, 2.45) is 0 Å². The van der Waals surface area contributed by atoms with E-state index in [-0.39, 0.29) is 0 Å². The average Bonchev–Trinajstić information content (AvgIpc) is 2.26. The van der Waals surface area contributed by atoms with Crippen molar-refractivity contribution < 1.29 is 4.74 Å². The molecule has 14 heavy (non-hydrogen) atoms. The van der Waals surface area contributed by atoms with Crippen molar-refractivity contribution in [3.8, 4) is 5.75 Å². The van der Waals surface area contributed by atoms with Crippen molar-refractivity contribution in [3.05, 3.63) is 36.2 Å². The van der Waals surface area contributed by atoms with Gasteiger partial charge in [0.1, 0.15) is 5.75 Å². The topological polar surface area (TPSA) is 9.23 Å². The van der Waals surface area contributed by atoms with Crippen LogP contribution >= 0.6 is 0 Å². The Kier molecular flexibility index (Phi) is 3.07. The predicted octanol–water partition coefficient (Wildman–Crippen LogP) is 3.17. The molecule has 1 aromatic rings. The minimum absolute atomic E-state index is 0.733. The number of rotatable bonds is 3. The summed E-state index contributed by atoms with van der Waals surface area (Å²) < 4.78 is 5.69. The first-order chi connectivity index (χ1) is 6.92. The minimum Gasteiger partial charge on any atom is -0.493 e. The van der Waals surface area contributed by atoms with E-state index in [4.69, 9.17) is 4.74 Å². The van der Waals surface area contributed by atoms with E-state index in [1.165, 1.54) is 36.8 Å². The van der Waals surface area contributed by atoms with Crippen LogP contribution in [0.4, 0.5) is 0 Å². The zero-order valence-corrected chi connectivity index (χ0v) is 8.59. The van der Waals surface area contributed by atoms with E-state index in [0.717, 1.165) is 18.8 Å². The summed E-state index contributed by atoms with van der Waals surface area (Å²) in [6.45, 7) is 4.52. The second-order valence-electron chi connectivity index (χ2n) is 3.80. The average molecular weight is 189 g/mol. The third-order valence-electron chi connectivity index (χ3n) is 2.75. The van der Waals surface area contributed by atoms with Gasteiger partial charge in [0, 0.05) is 0 Å². The minimum atomic E-state index is 0.733. The normalized spacial score (nSPS) is 14.9. The van der Waals surface area contributed by atoms with Gasteiger partial charge in [-0.3, -0.25) is 0 Å². The van der Waals surface area contributed by atoms with Crippen molar-refractivity contribution in [2.75, 3.05) is 6.61 Å². The van der Waals surface area contributed by atoms with Gasteiger partial charge in [-0.25, -0.2) is 0 Å². The van der Waals surface area contributed by atoms with Crippen LogP contribution in [0.1, 0.15) is 30.4 Å². The molecular formula is C13H17O. The molecule has 0 unspecified atom stereocenters. The van der Waals surface area contributed by atoms with Gasteiger partial charge in [-0.05, 0) is 56.2 Å². The first-order valence-corrected chi connectivity index (χ1v) is 5.44. The smallest absolute Gasteiger partial charge is 0.122 e. The highest BCUT2D eigenvalue weighted by atomic mass is 16.5. The summed E-state index contributed by atoms with van der Waals surface area (Å²) in [4.78, 5) is 0.